The Labute approximate surface area is 134 Å². The number of aliphatic hydroxyl groups excluding tert-OH is 1. The highest BCUT2D eigenvalue weighted by atomic mass is 16.5. The predicted molar refractivity (Wildman–Crippen MR) is 86.6 cm³/mol. The van der Waals surface area contributed by atoms with Gasteiger partial charge in [0.25, 0.3) is 0 Å². The molecule has 1 fully saturated rings. The van der Waals surface area contributed by atoms with E-state index in [1.165, 1.54) is 6.08 Å². The van der Waals surface area contributed by atoms with Gasteiger partial charge in [0.15, 0.2) is 0 Å². The molecule has 0 atom stereocenters. The van der Waals surface area contributed by atoms with Crippen molar-refractivity contribution in [1.29, 1.82) is 0 Å². The first-order valence-electron chi connectivity index (χ1n) is 7.48. The Bertz CT molecular complexity index is 677. The summed E-state index contributed by atoms with van der Waals surface area (Å²) in [6.45, 7) is 1.26. The van der Waals surface area contributed by atoms with Crippen LogP contribution in [-0.4, -0.2) is 40.1 Å². The van der Waals surface area contributed by atoms with Crippen molar-refractivity contribution in [3.05, 3.63) is 66.0 Å². The third-order valence-electron chi connectivity index (χ3n) is 3.59. The lowest BCUT2D eigenvalue weighted by atomic mass is 10.1. The first-order chi connectivity index (χ1) is 11.2. The van der Waals surface area contributed by atoms with Crippen LogP contribution in [0.1, 0.15) is 11.3 Å². The number of likely N-dealkylation sites (tertiary alicyclic amines) is 1. The molecule has 1 N–H and O–H groups in total. The van der Waals surface area contributed by atoms with E-state index in [9.17, 15) is 9.90 Å². The monoisotopic (exact) mass is 310 g/mol. The maximum Gasteiger partial charge on any atom is 0.246 e. The molecule has 3 rings (SSSR count). The topological polar surface area (TPSA) is 62.7 Å². The van der Waals surface area contributed by atoms with E-state index in [-0.39, 0.29) is 12.0 Å². The molecule has 2 aromatic rings. The number of pyridine rings is 1. The number of aliphatic hydroxyl groups is 1. The van der Waals surface area contributed by atoms with E-state index in [0.29, 0.717) is 19.7 Å². The Hall–Kier alpha value is -2.66. The summed E-state index contributed by atoms with van der Waals surface area (Å²) in [6, 6.07) is 13.2. The lowest BCUT2D eigenvalue weighted by Gasteiger charge is -2.34. The van der Waals surface area contributed by atoms with Gasteiger partial charge in [-0.2, -0.15) is 0 Å². The van der Waals surface area contributed by atoms with Gasteiger partial charge in [0.2, 0.25) is 5.91 Å². The Morgan fingerprint density at radius 1 is 1.26 bits per heavy atom. The van der Waals surface area contributed by atoms with Crippen LogP contribution in [0, 0.1) is 0 Å². The third-order valence-corrected chi connectivity index (χ3v) is 3.59. The van der Waals surface area contributed by atoms with E-state index >= 15 is 0 Å². The highest BCUT2D eigenvalue weighted by Crippen LogP contribution is 2.15. The van der Waals surface area contributed by atoms with Gasteiger partial charge in [-0.25, -0.2) is 0 Å². The summed E-state index contributed by atoms with van der Waals surface area (Å²) in [6.07, 6.45) is 4.65. The van der Waals surface area contributed by atoms with Crippen molar-refractivity contribution in [3.8, 4) is 5.75 Å². The zero-order chi connectivity index (χ0) is 16.1. The molecule has 1 aliphatic heterocycles. The highest BCUT2D eigenvalue weighted by molar-refractivity contribution is 5.92. The predicted octanol–water partition coefficient (Wildman–Crippen LogP) is 1.88. The maximum absolute atomic E-state index is 11.8. The molecule has 0 saturated carbocycles. The van der Waals surface area contributed by atoms with Crippen LogP contribution in [0.5, 0.6) is 5.75 Å². The SMILES string of the molecule is O=C(/C=C/c1ccc(OCc2ccccn2)cc1)N1CC(O)C1. The van der Waals surface area contributed by atoms with Gasteiger partial charge in [0.05, 0.1) is 11.8 Å². The van der Waals surface area contributed by atoms with Crippen molar-refractivity contribution in [3.63, 3.8) is 0 Å². The van der Waals surface area contributed by atoms with Gasteiger partial charge < -0.3 is 14.7 Å². The fourth-order valence-corrected chi connectivity index (χ4v) is 2.22. The molecular weight excluding hydrogens is 292 g/mol. The molecule has 2 heterocycles. The summed E-state index contributed by atoms with van der Waals surface area (Å²) in [5.74, 6) is 0.677. The van der Waals surface area contributed by atoms with Gasteiger partial charge in [0, 0.05) is 25.4 Å². The molecule has 0 radical (unpaired) electrons. The quantitative estimate of drug-likeness (QED) is 0.857. The Morgan fingerprint density at radius 3 is 2.70 bits per heavy atom. The van der Waals surface area contributed by atoms with Gasteiger partial charge in [-0.3, -0.25) is 9.78 Å². The number of carbonyl (C=O) groups is 1. The largest absolute Gasteiger partial charge is 0.487 e. The molecule has 1 saturated heterocycles. The number of carbonyl (C=O) groups excluding carboxylic acids is 1. The minimum absolute atomic E-state index is 0.0780. The van der Waals surface area contributed by atoms with Crippen LogP contribution in [0.3, 0.4) is 0 Å². The van der Waals surface area contributed by atoms with Crippen molar-refractivity contribution >= 4 is 12.0 Å². The number of β-amino-alcohol motifs (C(OH)–C–C–N with tert-alkyl or cyclic N) is 1. The van der Waals surface area contributed by atoms with Crippen molar-refractivity contribution in [2.45, 2.75) is 12.7 Å². The summed E-state index contributed by atoms with van der Waals surface area (Å²) >= 11 is 0. The molecule has 0 bridgehead atoms. The summed E-state index contributed by atoms with van der Waals surface area (Å²) in [5, 5.41) is 9.18. The van der Waals surface area contributed by atoms with Crippen molar-refractivity contribution in [2.24, 2.45) is 0 Å². The fraction of sp³-hybridized carbons (Fsp3) is 0.222. The van der Waals surface area contributed by atoms with Gasteiger partial charge in [-0.15, -0.1) is 0 Å². The van der Waals surface area contributed by atoms with E-state index in [2.05, 4.69) is 4.98 Å². The van der Waals surface area contributed by atoms with Gasteiger partial charge in [-0.05, 0) is 35.9 Å². The number of aromatic nitrogens is 1. The Morgan fingerprint density at radius 2 is 2.04 bits per heavy atom. The number of nitrogens with zero attached hydrogens (tertiary/aromatic N) is 2. The van der Waals surface area contributed by atoms with Crippen LogP contribution in [0.15, 0.2) is 54.7 Å². The summed E-state index contributed by atoms with van der Waals surface area (Å²) in [4.78, 5) is 17.6. The van der Waals surface area contributed by atoms with Crippen LogP contribution in [-0.2, 0) is 11.4 Å². The summed E-state index contributed by atoms with van der Waals surface area (Å²) in [7, 11) is 0. The number of rotatable bonds is 5. The molecule has 1 aromatic carbocycles. The van der Waals surface area contributed by atoms with Crippen molar-refractivity contribution in [1.82, 2.24) is 9.88 Å². The molecular formula is C18H18N2O3. The lowest BCUT2D eigenvalue weighted by molar-refractivity contribution is -0.135. The Balaban J connectivity index is 1.51. The molecule has 5 heteroatoms. The third kappa shape index (κ3) is 4.17. The van der Waals surface area contributed by atoms with E-state index in [1.807, 2.05) is 42.5 Å². The number of ether oxygens (including phenoxy) is 1. The van der Waals surface area contributed by atoms with E-state index in [0.717, 1.165) is 17.0 Å². The number of amides is 1. The summed E-state index contributed by atoms with van der Waals surface area (Å²) < 4.78 is 5.66. The smallest absolute Gasteiger partial charge is 0.246 e. The average molecular weight is 310 g/mol. The van der Waals surface area contributed by atoms with Crippen LogP contribution >= 0.6 is 0 Å². The second kappa shape index (κ2) is 7.07. The molecule has 23 heavy (non-hydrogen) atoms. The molecule has 118 valence electrons. The van der Waals surface area contributed by atoms with Crippen LogP contribution in [0.4, 0.5) is 0 Å². The maximum atomic E-state index is 11.8. The zero-order valence-corrected chi connectivity index (χ0v) is 12.6. The van der Waals surface area contributed by atoms with Gasteiger partial charge >= 0.3 is 0 Å². The number of hydrogen-bond donors (Lipinski definition) is 1. The van der Waals surface area contributed by atoms with Crippen LogP contribution in [0.2, 0.25) is 0 Å². The van der Waals surface area contributed by atoms with Crippen molar-refractivity contribution < 1.29 is 14.6 Å². The molecule has 0 unspecified atom stereocenters. The standard InChI is InChI=1S/C18H18N2O3/c21-16-11-20(12-16)18(22)9-6-14-4-7-17(8-5-14)23-13-15-3-1-2-10-19-15/h1-10,16,21H,11-13H2/b9-6+. The first-order valence-corrected chi connectivity index (χ1v) is 7.48. The first kappa shape index (κ1) is 15.2. The van der Waals surface area contributed by atoms with E-state index < -0.39 is 0 Å². The van der Waals surface area contributed by atoms with Crippen molar-refractivity contribution in [2.75, 3.05) is 13.1 Å². The normalized spacial score (nSPS) is 14.7. The highest BCUT2D eigenvalue weighted by Gasteiger charge is 2.26. The van der Waals surface area contributed by atoms with Crippen LogP contribution in [0.25, 0.3) is 6.08 Å². The zero-order valence-electron chi connectivity index (χ0n) is 12.6. The number of hydrogen-bond acceptors (Lipinski definition) is 4. The second-order valence-electron chi connectivity index (χ2n) is 5.41. The average Bonchev–Trinajstić information content (AvgIpc) is 2.57. The Kier molecular flexibility index (Phi) is 4.68. The lowest BCUT2D eigenvalue weighted by Crippen LogP contribution is -2.52. The van der Waals surface area contributed by atoms with E-state index in [1.54, 1.807) is 17.2 Å². The summed E-state index contributed by atoms with van der Waals surface area (Å²) in [5.41, 5.74) is 1.79. The van der Waals surface area contributed by atoms with E-state index in [4.69, 9.17) is 4.74 Å². The molecule has 1 amide bonds. The fourth-order valence-electron chi connectivity index (χ4n) is 2.22. The molecule has 5 nitrogen and oxygen atoms in total. The van der Waals surface area contributed by atoms with Crippen LogP contribution < -0.4 is 4.74 Å². The van der Waals surface area contributed by atoms with Gasteiger partial charge in [0.1, 0.15) is 12.4 Å². The second-order valence-corrected chi connectivity index (χ2v) is 5.41. The minimum Gasteiger partial charge on any atom is -0.487 e. The van der Waals surface area contributed by atoms with Gasteiger partial charge in [-0.1, -0.05) is 18.2 Å². The molecule has 1 aliphatic rings. The minimum atomic E-state index is -0.372. The molecule has 0 spiro atoms. The molecule has 1 aromatic heterocycles. The molecule has 0 aliphatic carbocycles. The number of benzene rings is 1.